The van der Waals surface area contributed by atoms with Gasteiger partial charge in [-0.05, 0) is 37.8 Å². The Hall–Kier alpha value is -1.51. The van der Waals surface area contributed by atoms with Crippen LogP contribution in [0.4, 0.5) is 0 Å². The maximum Gasteiger partial charge on any atom is 0.126 e. The molecule has 120 valence electrons. The SMILES string of the molecule is C/C=C(/COC(/C=C\C(C)CCC)=C/CC)C(=NC)NC. The normalized spacial score (nSPS) is 15.4. The minimum atomic E-state index is 0.530. The van der Waals surface area contributed by atoms with E-state index in [-0.39, 0.29) is 0 Å². The van der Waals surface area contributed by atoms with Crippen molar-refractivity contribution in [1.82, 2.24) is 5.32 Å². The summed E-state index contributed by atoms with van der Waals surface area (Å²) in [4.78, 5) is 4.22. The summed E-state index contributed by atoms with van der Waals surface area (Å²) in [7, 11) is 3.66. The van der Waals surface area contributed by atoms with E-state index < -0.39 is 0 Å². The van der Waals surface area contributed by atoms with Crippen LogP contribution in [0.25, 0.3) is 0 Å². The minimum absolute atomic E-state index is 0.530. The molecule has 0 radical (unpaired) electrons. The highest BCUT2D eigenvalue weighted by Crippen LogP contribution is 2.11. The van der Waals surface area contributed by atoms with Crippen LogP contribution in [0.3, 0.4) is 0 Å². The zero-order valence-corrected chi connectivity index (χ0v) is 14.6. The predicted molar refractivity (Wildman–Crippen MR) is 93.7 cm³/mol. The van der Waals surface area contributed by atoms with Crippen molar-refractivity contribution < 1.29 is 4.74 Å². The summed E-state index contributed by atoms with van der Waals surface area (Å²) in [5.74, 6) is 2.40. The number of hydrogen-bond donors (Lipinski definition) is 1. The highest BCUT2D eigenvalue weighted by molar-refractivity contribution is 5.98. The number of aliphatic imine (C=N–C) groups is 1. The Kier molecular flexibility index (Phi) is 11.4. The van der Waals surface area contributed by atoms with Crippen molar-refractivity contribution in [2.45, 2.75) is 47.0 Å². The molecule has 1 atom stereocenters. The Morgan fingerprint density at radius 1 is 1.33 bits per heavy atom. The van der Waals surface area contributed by atoms with Crippen LogP contribution in [0.5, 0.6) is 0 Å². The number of ether oxygens (including phenoxy) is 1. The molecular weight excluding hydrogens is 260 g/mol. The summed E-state index contributed by atoms with van der Waals surface area (Å²) < 4.78 is 5.93. The maximum absolute atomic E-state index is 5.93. The molecule has 0 saturated carbocycles. The van der Waals surface area contributed by atoms with Crippen molar-refractivity contribution >= 4 is 5.84 Å². The molecule has 0 aliphatic heterocycles. The van der Waals surface area contributed by atoms with E-state index in [1.165, 1.54) is 12.8 Å². The van der Waals surface area contributed by atoms with Gasteiger partial charge in [0.25, 0.3) is 0 Å². The summed E-state index contributed by atoms with van der Waals surface area (Å²) in [5.41, 5.74) is 1.07. The van der Waals surface area contributed by atoms with Gasteiger partial charge in [-0.3, -0.25) is 4.99 Å². The first kappa shape index (κ1) is 19.5. The van der Waals surface area contributed by atoms with Crippen molar-refractivity contribution in [2.24, 2.45) is 10.9 Å². The first-order valence-electron chi connectivity index (χ1n) is 7.94. The molecule has 0 heterocycles. The Balaban J connectivity index is 4.70. The van der Waals surface area contributed by atoms with Crippen LogP contribution in [0, 0.1) is 5.92 Å². The van der Waals surface area contributed by atoms with Gasteiger partial charge < -0.3 is 10.1 Å². The van der Waals surface area contributed by atoms with Gasteiger partial charge in [0.2, 0.25) is 0 Å². The first-order chi connectivity index (χ1) is 10.1. The number of rotatable bonds is 9. The van der Waals surface area contributed by atoms with Gasteiger partial charge in [-0.1, -0.05) is 39.3 Å². The molecule has 0 saturated heterocycles. The number of hydrogen-bond acceptors (Lipinski definition) is 2. The lowest BCUT2D eigenvalue weighted by molar-refractivity contribution is 0.255. The highest BCUT2D eigenvalue weighted by atomic mass is 16.5. The zero-order chi connectivity index (χ0) is 16.1. The molecule has 0 aromatic heterocycles. The second kappa shape index (κ2) is 12.2. The first-order valence-corrected chi connectivity index (χ1v) is 7.94. The Morgan fingerprint density at radius 2 is 2.05 bits per heavy atom. The number of allylic oxidation sites excluding steroid dienone is 4. The summed E-state index contributed by atoms with van der Waals surface area (Å²) in [6, 6.07) is 0. The second-order valence-electron chi connectivity index (χ2n) is 5.06. The fourth-order valence-electron chi connectivity index (χ4n) is 2.05. The average molecular weight is 292 g/mol. The number of nitrogens with zero attached hydrogens (tertiary/aromatic N) is 1. The summed E-state index contributed by atoms with van der Waals surface area (Å²) in [6.07, 6.45) is 11.9. The second-order valence-corrected chi connectivity index (χ2v) is 5.06. The van der Waals surface area contributed by atoms with Crippen LogP contribution in [-0.2, 0) is 4.74 Å². The molecule has 0 fully saturated rings. The van der Waals surface area contributed by atoms with Gasteiger partial charge >= 0.3 is 0 Å². The van der Waals surface area contributed by atoms with Gasteiger partial charge in [-0.25, -0.2) is 0 Å². The minimum Gasteiger partial charge on any atom is -0.489 e. The van der Waals surface area contributed by atoms with Crippen LogP contribution in [0.2, 0.25) is 0 Å². The largest absolute Gasteiger partial charge is 0.489 e. The van der Waals surface area contributed by atoms with E-state index >= 15 is 0 Å². The molecule has 21 heavy (non-hydrogen) atoms. The predicted octanol–water partition coefficient (Wildman–Crippen LogP) is 4.48. The van der Waals surface area contributed by atoms with Crippen LogP contribution in [-0.4, -0.2) is 26.5 Å². The third-order valence-corrected chi connectivity index (χ3v) is 3.25. The average Bonchev–Trinajstić information content (AvgIpc) is 2.49. The molecule has 3 nitrogen and oxygen atoms in total. The van der Waals surface area contributed by atoms with Gasteiger partial charge in [0.05, 0.1) is 0 Å². The van der Waals surface area contributed by atoms with E-state index in [0.29, 0.717) is 12.5 Å². The van der Waals surface area contributed by atoms with E-state index in [4.69, 9.17) is 4.74 Å². The molecule has 0 bridgehead atoms. The Labute approximate surface area is 130 Å². The van der Waals surface area contributed by atoms with E-state index in [1.54, 1.807) is 7.05 Å². The molecule has 0 aliphatic rings. The lowest BCUT2D eigenvalue weighted by Gasteiger charge is -2.13. The zero-order valence-electron chi connectivity index (χ0n) is 14.6. The lowest BCUT2D eigenvalue weighted by Crippen LogP contribution is -2.23. The molecule has 1 unspecified atom stereocenters. The van der Waals surface area contributed by atoms with Crippen molar-refractivity contribution in [3.8, 4) is 0 Å². The van der Waals surface area contributed by atoms with E-state index in [1.807, 2.05) is 20.0 Å². The fraction of sp³-hybridized carbons (Fsp3) is 0.611. The lowest BCUT2D eigenvalue weighted by atomic mass is 10.1. The number of amidine groups is 1. The maximum atomic E-state index is 5.93. The van der Waals surface area contributed by atoms with Crippen molar-refractivity contribution in [3.63, 3.8) is 0 Å². The van der Waals surface area contributed by atoms with Gasteiger partial charge in [0.1, 0.15) is 18.2 Å². The van der Waals surface area contributed by atoms with Gasteiger partial charge in [0.15, 0.2) is 0 Å². The third kappa shape index (κ3) is 8.38. The molecule has 1 N–H and O–H groups in total. The molecule has 0 aromatic carbocycles. The standard InChI is InChI=1S/C18H32N2O/c1-7-10-15(4)12-13-17(11-8-2)21-14-16(9-3)18(19-5)20-6/h9,11-13,15H,7-8,10,14H2,1-6H3,(H,19,20)/b13-12-,16-9-,17-11+. The van der Waals surface area contributed by atoms with Crippen LogP contribution in [0.1, 0.15) is 47.0 Å². The fourth-order valence-corrected chi connectivity index (χ4v) is 2.05. The molecule has 0 spiro atoms. The van der Waals surface area contributed by atoms with E-state index in [9.17, 15) is 0 Å². The highest BCUT2D eigenvalue weighted by Gasteiger charge is 2.05. The van der Waals surface area contributed by atoms with Gasteiger partial charge in [0, 0.05) is 19.7 Å². The van der Waals surface area contributed by atoms with Crippen LogP contribution < -0.4 is 5.32 Å². The Bertz CT molecular complexity index is 392. The quantitative estimate of drug-likeness (QED) is 0.294. The van der Waals surface area contributed by atoms with Gasteiger partial charge in [-0.2, -0.15) is 0 Å². The van der Waals surface area contributed by atoms with Crippen LogP contribution >= 0.6 is 0 Å². The van der Waals surface area contributed by atoms with Crippen molar-refractivity contribution in [2.75, 3.05) is 20.7 Å². The summed E-state index contributed by atoms with van der Waals surface area (Å²) >= 11 is 0. The molecule has 0 aliphatic carbocycles. The molecule has 3 heteroatoms. The van der Waals surface area contributed by atoms with E-state index in [0.717, 1.165) is 23.6 Å². The number of likely N-dealkylation sites (N-methyl/N-ethyl adjacent to an activating group) is 1. The molecule has 0 rings (SSSR count). The van der Waals surface area contributed by atoms with Crippen molar-refractivity contribution in [3.05, 3.63) is 35.6 Å². The van der Waals surface area contributed by atoms with Crippen molar-refractivity contribution in [1.29, 1.82) is 0 Å². The van der Waals surface area contributed by atoms with Gasteiger partial charge in [-0.15, -0.1) is 0 Å². The van der Waals surface area contributed by atoms with Crippen LogP contribution in [0.15, 0.2) is 40.6 Å². The van der Waals surface area contributed by atoms with E-state index in [2.05, 4.69) is 49.3 Å². The molecule has 0 aromatic rings. The third-order valence-electron chi connectivity index (χ3n) is 3.25. The monoisotopic (exact) mass is 292 g/mol. The molecular formula is C18H32N2O. The molecule has 0 amide bonds. The smallest absolute Gasteiger partial charge is 0.126 e. The summed E-state index contributed by atoms with van der Waals surface area (Å²) in [6.45, 7) is 9.11. The number of nitrogens with one attached hydrogen (secondary N) is 1. The topological polar surface area (TPSA) is 33.6 Å². The Morgan fingerprint density at radius 3 is 2.52 bits per heavy atom. The summed E-state index contributed by atoms with van der Waals surface area (Å²) in [5, 5.41) is 3.09.